The molecule has 1 amide bonds. The fraction of sp³-hybridized carbons (Fsp3) is 0.143. The molecule has 20 heavy (non-hydrogen) atoms. The maximum absolute atomic E-state index is 12.3. The molecule has 1 unspecified atom stereocenters. The summed E-state index contributed by atoms with van der Waals surface area (Å²) in [5.74, 6) is 0.463. The Labute approximate surface area is 129 Å². The van der Waals surface area contributed by atoms with Crippen molar-refractivity contribution in [1.29, 1.82) is 0 Å². The smallest absolute Gasteiger partial charge is 0.239 e. The lowest BCUT2D eigenvalue weighted by atomic mass is 10.1. The first-order chi connectivity index (χ1) is 9.63. The van der Waals surface area contributed by atoms with Crippen molar-refractivity contribution in [2.75, 3.05) is 11.1 Å². The maximum Gasteiger partial charge on any atom is 0.239 e. The highest BCUT2D eigenvalue weighted by Gasteiger charge is 2.28. The number of nitrogens with two attached hydrogens (primary N) is 1. The lowest BCUT2D eigenvalue weighted by Crippen LogP contribution is -2.25. The van der Waals surface area contributed by atoms with Crippen LogP contribution in [0.3, 0.4) is 0 Å². The predicted molar refractivity (Wildman–Crippen MR) is 84.8 cm³/mol. The molecular weight excluding hydrogens is 338 g/mol. The van der Waals surface area contributed by atoms with Crippen LogP contribution < -0.4 is 11.1 Å². The Hall–Kier alpha value is -1.53. The average Bonchev–Trinajstić information content (AvgIpc) is 2.86. The summed E-state index contributed by atoms with van der Waals surface area (Å²) in [6, 6.07) is 9.82. The normalized spacial score (nSPS) is 16.8. The number of thioether (sulfide) groups is 1. The van der Waals surface area contributed by atoms with Gasteiger partial charge < -0.3 is 11.1 Å². The minimum absolute atomic E-state index is 0.0378. The largest absolute Gasteiger partial charge is 0.397 e. The Bertz CT molecular complexity index is 652. The molecule has 1 aliphatic rings. The number of nitrogen functional groups attached to an aromatic ring is 1. The molecule has 3 N–H and O–H groups in total. The van der Waals surface area contributed by atoms with Crippen LogP contribution in [0, 0.1) is 0 Å². The highest BCUT2D eigenvalue weighted by atomic mass is 79.9. The summed E-state index contributed by atoms with van der Waals surface area (Å²) in [7, 11) is 0. The van der Waals surface area contributed by atoms with Gasteiger partial charge in [-0.15, -0.1) is 11.8 Å². The maximum atomic E-state index is 12.3. The Balaban J connectivity index is 1.72. The van der Waals surface area contributed by atoms with Gasteiger partial charge in [0.05, 0.1) is 21.6 Å². The van der Waals surface area contributed by atoms with E-state index in [4.69, 9.17) is 5.73 Å². The Morgan fingerprint density at radius 1 is 1.45 bits per heavy atom. The molecule has 6 heteroatoms. The van der Waals surface area contributed by atoms with Gasteiger partial charge in [0.15, 0.2) is 0 Å². The molecular formula is C14H12BrN3OS. The van der Waals surface area contributed by atoms with E-state index in [1.807, 2.05) is 18.2 Å². The molecule has 0 saturated heterocycles. The standard InChI is InChI=1S/C14H12BrN3OS/c15-10-6-9(16)7-17-13(10)18-14(19)12-5-8-3-1-2-4-11(8)20-12/h1-4,6-7,12H,5,16H2,(H,17,18,19). The van der Waals surface area contributed by atoms with Crippen molar-refractivity contribution in [2.24, 2.45) is 0 Å². The van der Waals surface area contributed by atoms with Gasteiger partial charge in [0.2, 0.25) is 5.91 Å². The molecule has 0 spiro atoms. The van der Waals surface area contributed by atoms with Gasteiger partial charge in [-0.05, 0) is 40.0 Å². The first-order valence-corrected chi connectivity index (χ1v) is 7.77. The second-order valence-corrected chi connectivity index (χ2v) is 6.61. The van der Waals surface area contributed by atoms with E-state index >= 15 is 0 Å². The summed E-state index contributed by atoms with van der Waals surface area (Å²) in [5.41, 5.74) is 7.41. The number of nitrogens with one attached hydrogen (secondary N) is 1. The van der Waals surface area contributed by atoms with Gasteiger partial charge in [0.1, 0.15) is 5.82 Å². The Kier molecular flexibility index (Phi) is 3.67. The third-order valence-electron chi connectivity index (χ3n) is 3.04. The quantitative estimate of drug-likeness (QED) is 0.874. The minimum Gasteiger partial charge on any atom is -0.397 e. The summed E-state index contributed by atoms with van der Waals surface area (Å²) in [4.78, 5) is 17.6. The van der Waals surface area contributed by atoms with E-state index in [0.29, 0.717) is 16.0 Å². The van der Waals surface area contributed by atoms with E-state index in [-0.39, 0.29) is 11.2 Å². The molecule has 1 aromatic carbocycles. The number of fused-ring (bicyclic) bond motifs is 1. The molecule has 102 valence electrons. The highest BCUT2D eigenvalue weighted by molar-refractivity contribution is 9.10. The summed E-state index contributed by atoms with van der Waals surface area (Å²) in [6.45, 7) is 0. The summed E-state index contributed by atoms with van der Waals surface area (Å²) < 4.78 is 0.686. The van der Waals surface area contributed by atoms with Crippen molar-refractivity contribution in [1.82, 2.24) is 4.98 Å². The van der Waals surface area contributed by atoms with Gasteiger partial charge >= 0.3 is 0 Å². The number of carbonyl (C=O) groups is 1. The zero-order valence-corrected chi connectivity index (χ0v) is 12.9. The summed E-state index contributed by atoms with van der Waals surface area (Å²) >= 11 is 4.94. The van der Waals surface area contributed by atoms with Crippen LogP contribution in [-0.2, 0) is 11.2 Å². The van der Waals surface area contributed by atoms with E-state index in [2.05, 4.69) is 32.3 Å². The van der Waals surface area contributed by atoms with Crippen LogP contribution in [0.25, 0.3) is 0 Å². The van der Waals surface area contributed by atoms with Gasteiger partial charge in [-0.2, -0.15) is 0 Å². The summed E-state index contributed by atoms with van der Waals surface area (Å²) in [5, 5.41) is 2.73. The summed E-state index contributed by atoms with van der Waals surface area (Å²) in [6.07, 6.45) is 2.27. The van der Waals surface area contributed by atoms with Crippen LogP contribution in [0.4, 0.5) is 11.5 Å². The number of benzene rings is 1. The van der Waals surface area contributed by atoms with E-state index in [0.717, 1.165) is 6.42 Å². The van der Waals surface area contributed by atoms with Gasteiger partial charge in [-0.3, -0.25) is 4.79 Å². The number of amides is 1. The fourth-order valence-corrected chi connectivity index (χ4v) is 3.73. The Morgan fingerprint density at radius 3 is 3.00 bits per heavy atom. The van der Waals surface area contributed by atoms with E-state index in [1.54, 1.807) is 17.8 Å². The van der Waals surface area contributed by atoms with Crippen molar-refractivity contribution in [2.45, 2.75) is 16.6 Å². The molecule has 0 aliphatic carbocycles. The lowest BCUT2D eigenvalue weighted by Gasteiger charge is -2.10. The highest BCUT2D eigenvalue weighted by Crippen LogP contribution is 2.37. The molecule has 1 aliphatic heterocycles. The van der Waals surface area contributed by atoms with Crippen molar-refractivity contribution in [3.63, 3.8) is 0 Å². The zero-order chi connectivity index (χ0) is 14.1. The molecule has 1 atom stereocenters. The first kappa shape index (κ1) is 13.5. The number of rotatable bonds is 2. The van der Waals surface area contributed by atoms with Gasteiger partial charge in [0.25, 0.3) is 0 Å². The second-order valence-electron chi connectivity index (χ2n) is 4.51. The number of nitrogens with zero attached hydrogens (tertiary/aromatic N) is 1. The zero-order valence-electron chi connectivity index (χ0n) is 10.5. The minimum atomic E-state index is -0.112. The van der Waals surface area contributed by atoms with Crippen molar-refractivity contribution >= 4 is 45.1 Å². The van der Waals surface area contributed by atoms with Crippen LogP contribution in [0.1, 0.15) is 5.56 Å². The average molecular weight is 350 g/mol. The first-order valence-electron chi connectivity index (χ1n) is 6.10. The number of aromatic nitrogens is 1. The van der Waals surface area contributed by atoms with Gasteiger partial charge in [-0.1, -0.05) is 18.2 Å². The molecule has 0 radical (unpaired) electrons. The third kappa shape index (κ3) is 2.66. The lowest BCUT2D eigenvalue weighted by molar-refractivity contribution is -0.115. The Morgan fingerprint density at radius 2 is 2.25 bits per heavy atom. The third-order valence-corrected chi connectivity index (χ3v) is 4.97. The number of hydrogen-bond acceptors (Lipinski definition) is 4. The number of hydrogen-bond donors (Lipinski definition) is 2. The molecule has 1 aromatic heterocycles. The monoisotopic (exact) mass is 349 g/mol. The number of carbonyl (C=O) groups excluding carboxylic acids is 1. The fourth-order valence-electron chi connectivity index (χ4n) is 2.07. The number of halogens is 1. The van der Waals surface area contributed by atoms with Crippen LogP contribution in [0.5, 0.6) is 0 Å². The molecule has 4 nitrogen and oxygen atoms in total. The van der Waals surface area contributed by atoms with Gasteiger partial charge in [-0.25, -0.2) is 4.98 Å². The van der Waals surface area contributed by atoms with Crippen LogP contribution in [-0.4, -0.2) is 16.1 Å². The number of anilines is 2. The van der Waals surface area contributed by atoms with Crippen LogP contribution >= 0.6 is 27.7 Å². The van der Waals surface area contributed by atoms with Crippen molar-refractivity contribution < 1.29 is 4.79 Å². The molecule has 0 bridgehead atoms. The molecule has 2 heterocycles. The molecule has 0 saturated carbocycles. The van der Waals surface area contributed by atoms with Crippen LogP contribution in [0.15, 0.2) is 45.9 Å². The van der Waals surface area contributed by atoms with E-state index in [1.165, 1.54) is 16.7 Å². The van der Waals surface area contributed by atoms with Crippen molar-refractivity contribution in [3.8, 4) is 0 Å². The number of pyridine rings is 1. The molecule has 2 aromatic rings. The van der Waals surface area contributed by atoms with E-state index < -0.39 is 0 Å². The van der Waals surface area contributed by atoms with Crippen molar-refractivity contribution in [3.05, 3.63) is 46.6 Å². The SMILES string of the molecule is Nc1cnc(NC(=O)C2Cc3ccccc3S2)c(Br)c1. The molecule has 0 fully saturated rings. The predicted octanol–water partition coefficient (Wildman–Crippen LogP) is 3.08. The second kappa shape index (κ2) is 5.46. The topological polar surface area (TPSA) is 68.0 Å². The van der Waals surface area contributed by atoms with Crippen LogP contribution in [0.2, 0.25) is 0 Å². The molecule has 3 rings (SSSR count). The van der Waals surface area contributed by atoms with Gasteiger partial charge in [0, 0.05) is 4.90 Å². The van der Waals surface area contributed by atoms with E-state index in [9.17, 15) is 4.79 Å².